The average Bonchev–Trinajstić information content (AvgIpc) is 3.11. The van der Waals surface area contributed by atoms with Crippen LogP contribution in [0.2, 0.25) is 0 Å². The van der Waals surface area contributed by atoms with Gasteiger partial charge in [-0.05, 0) is 23.6 Å². The topological polar surface area (TPSA) is 101 Å². The molecule has 6 nitrogen and oxygen atoms in total. The summed E-state index contributed by atoms with van der Waals surface area (Å²) in [5.74, 6) is -0.466. The van der Waals surface area contributed by atoms with Crippen molar-refractivity contribution in [3.05, 3.63) is 92.9 Å². The lowest BCUT2D eigenvalue weighted by atomic mass is 9.92. The number of hydrogen-bond acceptors (Lipinski definition) is 4. The lowest BCUT2D eigenvalue weighted by Crippen LogP contribution is -2.34. The van der Waals surface area contributed by atoms with Gasteiger partial charge in [0.05, 0.1) is 17.2 Å². The number of fused-ring (bicyclic) bond motifs is 3. The van der Waals surface area contributed by atoms with Gasteiger partial charge < -0.3 is 20.5 Å². The molecule has 6 heteroatoms. The zero-order valence-electron chi connectivity index (χ0n) is 15.7. The highest BCUT2D eigenvalue weighted by atomic mass is 16.3. The quantitative estimate of drug-likeness (QED) is 0.373. The Hall–Kier alpha value is -3.51. The van der Waals surface area contributed by atoms with Gasteiger partial charge in [-0.3, -0.25) is 9.78 Å². The van der Waals surface area contributed by atoms with E-state index < -0.39 is 11.6 Å². The summed E-state index contributed by atoms with van der Waals surface area (Å²) in [6.07, 6.45) is 1.15. The lowest BCUT2D eigenvalue weighted by molar-refractivity contribution is 0.410. The molecule has 2 aromatic heterocycles. The molecule has 5 N–H and O–H groups in total. The summed E-state index contributed by atoms with van der Waals surface area (Å²) < 4.78 is 0. The molecule has 1 aliphatic heterocycles. The molecule has 146 valence electrons. The molecule has 5 rings (SSSR count). The number of hydrogen-bond donors (Lipinski definition) is 5. The molecule has 0 aliphatic carbocycles. The molecule has 4 aromatic rings. The fourth-order valence-electron chi connectivity index (χ4n) is 4.29. The monoisotopic (exact) mass is 387 g/mol. The van der Waals surface area contributed by atoms with Crippen LogP contribution in [0.3, 0.4) is 0 Å². The second kappa shape index (κ2) is 6.83. The molecule has 0 spiro atoms. The Labute approximate surface area is 166 Å². The first-order valence-corrected chi connectivity index (χ1v) is 9.67. The summed E-state index contributed by atoms with van der Waals surface area (Å²) in [6, 6.07) is 17.1. The summed E-state index contributed by atoms with van der Waals surface area (Å²) in [5.41, 5.74) is 4.01. The van der Waals surface area contributed by atoms with E-state index in [9.17, 15) is 15.0 Å². The smallest absolute Gasteiger partial charge is 0.259 e. The molecule has 0 fully saturated rings. The van der Waals surface area contributed by atoms with E-state index in [0.717, 1.165) is 34.1 Å². The van der Waals surface area contributed by atoms with Gasteiger partial charge >= 0.3 is 0 Å². The standard InChI is InChI=1S/C23H21N3O3/c27-21-16(12-13-6-2-1-3-7-13)22(28)26-23(29)18(21)20-19-15(10-11-24-20)14-8-4-5-9-17(14)25-19/h1-9,20,24-25H,10-12H2,(H3,26,27,28,29). The zero-order valence-corrected chi connectivity index (χ0v) is 15.7. The third kappa shape index (κ3) is 2.89. The molecule has 0 radical (unpaired) electrons. The maximum Gasteiger partial charge on any atom is 0.259 e. The number of rotatable bonds is 3. The third-order valence-corrected chi connectivity index (χ3v) is 5.67. The van der Waals surface area contributed by atoms with Crippen LogP contribution in [-0.4, -0.2) is 26.7 Å². The summed E-state index contributed by atoms with van der Waals surface area (Å²) in [5, 5.41) is 25.8. The maximum absolute atomic E-state index is 12.8. The number of aromatic amines is 2. The second-order valence-corrected chi connectivity index (χ2v) is 7.41. The maximum atomic E-state index is 12.8. The first-order valence-electron chi connectivity index (χ1n) is 9.67. The number of H-pyrrole nitrogens is 2. The van der Waals surface area contributed by atoms with Crippen molar-refractivity contribution in [2.45, 2.75) is 18.9 Å². The molecule has 1 unspecified atom stereocenters. The molecule has 0 saturated carbocycles. The minimum absolute atomic E-state index is 0.167. The van der Waals surface area contributed by atoms with E-state index in [1.54, 1.807) is 0 Å². The summed E-state index contributed by atoms with van der Waals surface area (Å²) in [6.45, 7) is 0.688. The predicted octanol–water partition coefficient (Wildman–Crippen LogP) is 3.09. The number of para-hydroxylation sites is 1. The van der Waals surface area contributed by atoms with Gasteiger partial charge in [-0.25, -0.2) is 0 Å². The highest BCUT2D eigenvalue weighted by molar-refractivity contribution is 5.85. The second-order valence-electron chi connectivity index (χ2n) is 7.41. The van der Waals surface area contributed by atoms with E-state index in [1.807, 2.05) is 48.5 Å². The van der Waals surface area contributed by atoms with E-state index >= 15 is 0 Å². The molecule has 29 heavy (non-hydrogen) atoms. The third-order valence-electron chi connectivity index (χ3n) is 5.67. The summed E-state index contributed by atoms with van der Waals surface area (Å²) in [4.78, 5) is 18.7. The van der Waals surface area contributed by atoms with Crippen LogP contribution in [0, 0.1) is 0 Å². The molecule has 1 aliphatic rings. The van der Waals surface area contributed by atoms with E-state index in [2.05, 4.69) is 21.4 Å². The van der Waals surface area contributed by atoms with Crippen LogP contribution in [0.25, 0.3) is 10.9 Å². The Kier molecular flexibility index (Phi) is 4.14. The first-order chi connectivity index (χ1) is 14.1. The predicted molar refractivity (Wildman–Crippen MR) is 111 cm³/mol. The van der Waals surface area contributed by atoms with Crippen LogP contribution in [0.1, 0.15) is 34.0 Å². The molecule has 0 saturated heterocycles. The highest BCUT2D eigenvalue weighted by Crippen LogP contribution is 2.38. The first kappa shape index (κ1) is 17.6. The van der Waals surface area contributed by atoms with Gasteiger partial charge in [-0.2, -0.15) is 0 Å². The molecule has 2 aromatic carbocycles. The molecular weight excluding hydrogens is 366 g/mol. The van der Waals surface area contributed by atoms with Crippen molar-refractivity contribution >= 4 is 10.9 Å². The molecule has 3 heterocycles. The van der Waals surface area contributed by atoms with Gasteiger partial charge in [0.25, 0.3) is 5.56 Å². The van der Waals surface area contributed by atoms with Crippen LogP contribution in [0.5, 0.6) is 11.6 Å². The van der Waals surface area contributed by atoms with Crippen LogP contribution < -0.4 is 10.9 Å². The van der Waals surface area contributed by atoms with Crippen molar-refractivity contribution in [2.24, 2.45) is 0 Å². The minimum Gasteiger partial charge on any atom is -0.507 e. The van der Waals surface area contributed by atoms with Gasteiger partial charge in [0, 0.05) is 29.6 Å². The Balaban J connectivity index is 1.66. The number of pyridine rings is 1. The van der Waals surface area contributed by atoms with Crippen molar-refractivity contribution in [3.63, 3.8) is 0 Å². The van der Waals surface area contributed by atoms with Gasteiger partial charge in [-0.1, -0.05) is 48.5 Å². The Morgan fingerprint density at radius 3 is 2.55 bits per heavy atom. The Morgan fingerprint density at radius 1 is 0.966 bits per heavy atom. The fraction of sp³-hybridized carbons (Fsp3) is 0.174. The van der Waals surface area contributed by atoms with Crippen LogP contribution >= 0.6 is 0 Å². The van der Waals surface area contributed by atoms with Crippen LogP contribution in [0.15, 0.2) is 59.4 Å². The average molecular weight is 387 g/mol. The molecule has 1 atom stereocenters. The number of benzene rings is 2. The summed E-state index contributed by atoms with van der Waals surface area (Å²) in [7, 11) is 0. The van der Waals surface area contributed by atoms with Gasteiger partial charge in [0.2, 0.25) is 0 Å². The Bertz CT molecular complexity index is 1260. The molecule has 0 bridgehead atoms. The molecular formula is C23H21N3O3. The number of nitrogens with one attached hydrogen (secondary N) is 3. The van der Waals surface area contributed by atoms with Crippen LogP contribution in [0.4, 0.5) is 0 Å². The Morgan fingerprint density at radius 2 is 1.72 bits per heavy atom. The summed E-state index contributed by atoms with van der Waals surface area (Å²) >= 11 is 0. The van der Waals surface area contributed by atoms with Gasteiger partial charge in [0.15, 0.2) is 5.88 Å². The van der Waals surface area contributed by atoms with Gasteiger partial charge in [0.1, 0.15) is 5.75 Å². The SMILES string of the molecule is O=c1[nH]c(O)c(Cc2ccccc2)c(O)c1C1NCCc2c1[nH]c1ccccc21. The van der Waals surface area contributed by atoms with E-state index in [4.69, 9.17) is 0 Å². The van der Waals surface area contributed by atoms with E-state index in [0.29, 0.717) is 18.5 Å². The lowest BCUT2D eigenvalue weighted by Gasteiger charge is -2.25. The number of aromatic nitrogens is 2. The largest absolute Gasteiger partial charge is 0.507 e. The van der Waals surface area contributed by atoms with Crippen molar-refractivity contribution < 1.29 is 10.2 Å². The van der Waals surface area contributed by atoms with Crippen LogP contribution in [-0.2, 0) is 12.8 Å². The normalized spacial score (nSPS) is 16.1. The van der Waals surface area contributed by atoms with Crippen molar-refractivity contribution in [1.29, 1.82) is 0 Å². The van der Waals surface area contributed by atoms with E-state index in [-0.39, 0.29) is 17.2 Å². The van der Waals surface area contributed by atoms with E-state index in [1.165, 1.54) is 0 Å². The minimum atomic E-state index is -0.499. The molecule has 0 amide bonds. The highest BCUT2D eigenvalue weighted by Gasteiger charge is 2.31. The zero-order chi connectivity index (χ0) is 20.0. The van der Waals surface area contributed by atoms with Crippen molar-refractivity contribution in [2.75, 3.05) is 6.54 Å². The van der Waals surface area contributed by atoms with Crippen molar-refractivity contribution in [3.8, 4) is 11.6 Å². The van der Waals surface area contributed by atoms with Gasteiger partial charge in [-0.15, -0.1) is 0 Å². The van der Waals surface area contributed by atoms with Crippen molar-refractivity contribution in [1.82, 2.24) is 15.3 Å². The fourth-order valence-corrected chi connectivity index (χ4v) is 4.29. The number of aromatic hydroxyl groups is 2.